The second kappa shape index (κ2) is 4.15. The van der Waals surface area contributed by atoms with E-state index < -0.39 is 0 Å². The molecule has 1 unspecified atom stereocenters. The first kappa shape index (κ1) is 11.8. The highest BCUT2D eigenvalue weighted by Gasteiger charge is 2.22. The Hall–Kier alpha value is -2.24. The number of nitrogens with zero attached hydrogens (tertiary/aromatic N) is 4. The molecule has 0 spiro atoms. The van der Waals surface area contributed by atoms with Crippen LogP contribution in [0.4, 0.5) is 5.95 Å². The second-order valence-electron chi connectivity index (χ2n) is 4.63. The lowest BCUT2D eigenvalue weighted by Crippen LogP contribution is -2.12. The van der Waals surface area contributed by atoms with Crippen molar-refractivity contribution in [2.75, 3.05) is 5.73 Å². The summed E-state index contributed by atoms with van der Waals surface area (Å²) >= 11 is 0. The molecule has 0 saturated carbocycles. The molecule has 3 aromatic rings. The van der Waals surface area contributed by atoms with Crippen LogP contribution >= 0.6 is 0 Å². The summed E-state index contributed by atoms with van der Waals surface area (Å²) in [6.07, 6.45) is 2.50. The maximum atomic E-state index is 6.07. The molecule has 6 heteroatoms. The molecule has 0 saturated heterocycles. The van der Waals surface area contributed by atoms with E-state index in [1.807, 2.05) is 35.4 Å². The van der Waals surface area contributed by atoms with E-state index in [0.717, 1.165) is 29.0 Å². The van der Waals surface area contributed by atoms with Crippen LogP contribution in [0, 0.1) is 0 Å². The highest BCUT2D eigenvalue weighted by molar-refractivity contribution is 5.78. The summed E-state index contributed by atoms with van der Waals surface area (Å²) in [6.45, 7) is 4.10. The van der Waals surface area contributed by atoms with Crippen molar-refractivity contribution in [3.05, 3.63) is 29.9 Å². The van der Waals surface area contributed by atoms with E-state index in [1.54, 1.807) is 6.26 Å². The summed E-state index contributed by atoms with van der Waals surface area (Å²) in [4.78, 5) is 4.45. The average molecular weight is 259 g/mol. The number of rotatable bonds is 3. The largest absolute Gasteiger partial charge is 0.467 e. The zero-order chi connectivity index (χ0) is 13.6. The molecule has 0 aliphatic heterocycles. The van der Waals surface area contributed by atoms with E-state index in [2.05, 4.69) is 17.0 Å². The maximum Gasteiger partial charge on any atom is 0.203 e. The van der Waals surface area contributed by atoms with E-state index >= 15 is 0 Å². The Kier molecular flexibility index (Phi) is 2.58. The summed E-state index contributed by atoms with van der Waals surface area (Å²) in [5.41, 5.74) is 8.84. The van der Waals surface area contributed by atoms with Gasteiger partial charge >= 0.3 is 0 Å². The van der Waals surface area contributed by atoms with Gasteiger partial charge in [-0.15, -0.1) is 0 Å². The molecule has 3 aromatic heterocycles. The summed E-state index contributed by atoms with van der Waals surface area (Å²) in [5.74, 6) is 1.34. The van der Waals surface area contributed by atoms with Gasteiger partial charge in [0, 0.05) is 7.05 Å². The Morgan fingerprint density at radius 1 is 1.47 bits per heavy atom. The third kappa shape index (κ3) is 1.63. The topological polar surface area (TPSA) is 74.8 Å². The molecule has 3 rings (SSSR count). The number of nitrogen functional groups attached to an aromatic ring is 1. The maximum absolute atomic E-state index is 6.07. The SMILES string of the molecule is CCc1nn(C)c2c1nc(N)n2C(C)c1ccco1. The van der Waals surface area contributed by atoms with Gasteiger partial charge in [-0.05, 0) is 25.5 Å². The highest BCUT2D eigenvalue weighted by atomic mass is 16.3. The molecule has 0 aliphatic carbocycles. The lowest BCUT2D eigenvalue weighted by molar-refractivity contribution is 0.450. The van der Waals surface area contributed by atoms with Crippen LogP contribution in [0.5, 0.6) is 0 Å². The molecule has 19 heavy (non-hydrogen) atoms. The van der Waals surface area contributed by atoms with Crippen LogP contribution in [-0.4, -0.2) is 19.3 Å². The van der Waals surface area contributed by atoms with Crippen LogP contribution in [0.3, 0.4) is 0 Å². The first-order chi connectivity index (χ1) is 9.13. The van der Waals surface area contributed by atoms with Gasteiger partial charge in [0.05, 0.1) is 18.0 Å². The van der Waals surface area contributed by atoms with Crippen LogP contribution in [0.25, 0.3) is 11.2 Å². The minimum absolute atomic E-state index is 0.0138. The van der Waals surface area contributed by atoms with E-state index in [4.69, 9.17) is 10.2 Å². The quantitative estimate of drug-likeness (QED) is 0.781. The van der Waals surface area contributed by atoms with Gasteiger partial charge in [0.15, 0.2) is 5.65 Å². The normalized spacial score (nSPS) is 13.2. The minimum atomic E-state index is -0.0138. The van der Waals surface area contributed by atoms with Crippen LogP contribution in [0.15, 0.2) is 22.8 Å². The molecule has 2 N–H and O–H groups in total. The van der Waals surface area contributed by atoms with Crippen molar-refractivity contribution in [3.63, 3.8) is 0 Å². The Balaban J connectivity index is 2.23. The monoisotopic (exact) mass is 259 g/mol. The molecule has 1 atom stereocenters. The van der Waals surface area contributed by atoms with Crippen molar-refractivity contribution in [2.45, 2.75) is 26.3 Å². The highest BCUT2D eigenvalue weighted by Crippen LogP contribution is 2.28. The molecule has 6 nitrogen and oxygen atoms in total. The Morgan fingerprint density at radius 3 is 2.89 bits per heavy atom. The molecule has 0 aromatic carbocycles. The fraction of sp³-hybridized carbons (Fsp3) is 0.385. The first-order valence-electron chi connectivity index (χ1n) is 6.36. The van der Waals surface area contributed by atoms with E-state index in [1.165, 1.54) is 0 Å². The van der Waals surface area contributed by atoms with Gasteiger partial charge in [0.2, 0.25) is 5.95 Å². The molecule has 0 fully saturated rings. The van der Waals surface area contributed by atoms with Gasteiger partial charge < -0.3 is 10.2 Å². The summed E-state index contributed by atoms with van der Waals surface area (Å²) in [5, 5.41) is 4.48. The summed E-state index contributed by atoms with van der Waals surface area (Å²) in [7, 11) is 1.91. The molecular weight excluding hydrogens is 242 g/mol. The lowest BCUT2D eigenvalue weighted by Gasteiger charge is -2.13. The molecule has 0 aliphatic rings. The van der Waals surface area contributed by atoms with Gasteiger partial charge in [-0.3, -0.25) is 9.25 Å². The summed E-state index contributed by atoms with van der Waals surface area (Å²) in [6, 6.07) is 3.80. The smallest absolute Gasteiger partial charge is 0.203 e. The predicted octanol–water partition coefficient (Wildman–Crippen LogP) is 2.12. The third-order valence-electron chi connectivity index (χ3n) is 3.44. The first-order valence-corrected chi connectivity index (χ1v) is 6.36. The zero-order valence-electron chi connectivity index (χ0n) is 11.3. The molecule has 0 amide bonds. The van der Waals surface area contributed by atoms with Crippen LogP contribution < -0.4 is 5.73 Å². The van der Waals surface area contributed by atoms with Crippen LogP contribution in [0.2, 0.25) is 0 Å². The molecule has 3 heterocycles. The Bertz CT molecular complexity index is 707. The number of nitrogens with two attached hydrogens (primary N) is 1. The Labute approximate surface area is 110 Å². The predicted molar refractivity (Wildman–Crippen MR) is 72.8 cm³/mol. The van der Waals surface area contributed by atoms with Crippen molar-refractivity contribution in [3.8, 4) is 0 Å². The standard InChI is InChI=1S/C13H17N5O/c1-4-9-11-12(17(3)16-9)18(13(14)15-11)8(2)10-6-5-7-19-10/h5-8H,4H2,1-3H3,(H2,14,15). The average Bonchev–Trinajstić information content (AvgIpc) is 3.06. The van der Waals surface area contributed by atoms with Crippen LogP contribution in [0.1, 0.15) is 31.3 Å². The van der Waals surface area contributed by atoms with Crippen molar-refractivity contribution in [1.82, 2.24) is 19.3 Å². The lowest BCUT2D eigenvalue weighted by atomic mass is 10.2. The number of aryl methyl sites for hydroxylation is 2. The van der Waals surface area contributed by atoms with E-state index in [-0.39, 0.29) is 6.04 Å². The van der Waals surface area contributed by atoms with E-state index in [0.29, 0.717) is 5.95 Å². The number of hydrogen-bond donors (Lipinski definition) is 1. The van der Waals surface area contributed by atoms with Crippen molar-refractivity contribution in [1.29, 1.82) is 0 Å². The molecule has 0 bridgehead atoms. The Morgan fingerprint density at radius 2 is 2.26 bits per heavy atom. The number of aromatic nitrogens is 4. The fourth-order valence-electron chi connectivity index (χ4n) is 2.50. The summed E-state index contributed by atoms with van der Waals surface area (Å²) < 4.78 is 9.25. The van der Waals surface area contributed by atoms with Gasteiger partial charge in [0.1, 0.15) is 11.3 Å². The zero-order valence-corrected chi connectivity index (χ0v) is 11.3. The van der Waals surface area contributed by atoms with E-state index in [9.17, 15) is 0 Å². The molecular formula is C13H17N5O. The second-order valence-corrected chi connectivity index (χ2v) is 4.63. The van der Waals surface area contributed by atoms with Crippen molar-refractivity contribution >= 4 is 17.1 Å². The van der Waals surface area contributed by atoms with Gasteiger partial charge in [-0.25, -0.2) is 4.98 Å². The van der Waals surface area contributed by atoms with Gasteiger partial charge in [0.25, 0.3) is 0 Å². The fourth-order valence-corrected chi connectivity index (χ4v) is 2.50. The van der Waals surface area contributed by atoms with Crippen LogP contribution in [-0.2, 0) is 13.5 Å². The molecule has 100 valence electrons. The number of imidazole rings is 1. The number of hydrogen-bond acceptors (Lipinski definition) is 4. The molecule has 0 radical (unpaired) electrons. The number of anilines is 1. The van der Waals surface area contributed by atoms with Crippen molar-refractivity contribution in [2.24, 2.45) is 7.05 Å². The number of fused-ring (bicyclic) bond motifs is 1. The van der Waals surface area contributed by atoms with Gasteiger partial charge in [-0.2, -0.15) is 5.10 Å². The third-order valence-corrected chi connectivity index (χ3v) is 3.44. The minimum Gasteiger partial charge on any atom is -0.467 e. The number of furan rings is 1. The van der Waals surface area contributed by atoms with Gasteiger partial charge in [-0.1, -0.05) is 6.92 Å². The van der Waals surface area contributed by atoms with Crippen molar-refractivity contribution < 1.29 is 4.42 Å².